The van der Waals surface area contributed by atoms with E-state index in [1.54, 1.807) is 4.90 Å². The second kappa shape index (κ2) is 3.75. The Bertz CT molecular complexity index is 303. The van der Waals surface area contributed by atoms with E-state index in [0.717, 1.165) is 0 Å². The molecule has 6 heteroatoms. The molecule has 1 fully saturated rings. The summed E-state index contributed by atoms with van der Waals surface area (Å²) in [4.78, 5) is 13.4. The summed E-state index contributed by atoms with van der Waals surface area (Å²) in [5.41, 5.74) is 0.335. The minimum absolute atomic E-state index is 0.120. The van der Waals surface area contributed by atoms with Crippen molar-refractivity contribution in [3.8, 4) is 0 Å². The number of nitrogens with one attached hydrogen (secondary N) is 1. The maximum atomic E-state index is 11.7. The fraction of sp³-hybridized carbons (Fsp3) is 0.625. The van der Waals surface area contributed by atoms with Crippen LogP contribution in [-0.2, 0) is 0 Å². The van der Waals surface area contributed by atoms with Crippen LogP contribution in [0.4, 0.5) is 0 Å². The lowest BCUT2D eigenvalue weighted by molar-refractivity contribution is 0.0541. The Balaban J connectivity index is 1.99. The summed E-state index contributed by atoms with van der Waals surface area (Å²) in [5.74, 6) is -0.120. The molecule has 2 rings (SSSR count). The van der Waals surface area contributed by atoms with Crippen LogP contribution < -0.4 is 0 Å². The van der Waals surface area contributed by atoms with Gasteiger partial charge in [0.25, 0.3) is 5.91 Å². The van der Waals surface area contributed by atoms with E-state index < -0.39 is 0 Å². The summed E-state index contributed by atoms with van der Waals surface area (Å²) in [6, 6.07) is 0. The third kappa shape index (κ3) is 1.74. The molecule has 0 aromatic carbocycles. The molecule has 0 radical (unpaired) electrons. The number of aromatic nitrogens is 3. The van der Waals surface area contributed by atoms with Crippen LogP contribution >= 0.6 is 0 Å². The third-order valence-electron chi connectivity index (χ3n) is 2.39. The maximum absolute atomic E-state index is 11.7. The Labute approximate surface area is 80.9 Å². The van der Waals surface area contributed by atoms with Gasteiger partial charge in [-0.2, -0.15) is 15.4 Å². The number of rotatable bonds is 1. The topological polar surface area (TPSA) is 82.1 Å². The molecule has 1 aromatic rings. The number of hydrogen-bond acceptors (Lipinski definition) is 4. The molecular formula is C8H12N4O2. The highest BCUT2D eigenvalue weighted by molar-refractivity contribution is 5.91. The lowest BCUT2D eigenvalue weighted by atomic mass is 10.1. The summed E-state index contributed by atoms with van der Waals surface area (Å²) in [5, 5.41) is 19.0. The van der Waals surface area contributed by atoms with Crippen molar-refractivity contribution in [1.29, 1.82) is 0 Å². The number of nitrogens with zero attached hydrogens (tertiary/aromatic N) is 3. The molecule has 1 amide bonds. The van der Waals surface area contributed by atoms with Gasteiger partial charge >= 0.3 is 0 Å². The Hall–Kier alpha value is -1.43. The van der Waals surface area contributed by atoms with Gasteiger partial charge in [-0.05, 0) is 12.8 Å². The number of aromatic amines is 1. The Morgan fingerprint density at radius 2 is 2.29 bits per heavy atom. The molecule has 0 aliphatic carbocycles. The van der Waals surface area contributed by atoms with Crippen LogP contribution in [0.25, 0.3) is 0 Å². The van der Waals surface area contributed by atoms with Crippen molar-refractivity contribution in [2.75, 3.05) is 13.1 Å². The normalized spacial score (nSPS) is 18.5. The average Bonchev–Trinajstić information content (AvgIpc) is 2.71. The number of carbonyl (C=O) groups is 1. The first-order valence-corrected chi connectivity index (χ1v) is 4.60. The molecule has 2 heterocycles. The number of likely N-dealkylation sites (tertiary alicyclic amines) is 1. The Morgan fingerprint density at radius 3 is 2.86 bits per heavy atom. The van der Waals surface area contributed by atoms with Crippen molar-refractivity contribution in [3.63, 3.8) is 0 Å². The van der Waals surface area contributed by atoms with E-state index in [2.05, 4.69) is 15.4 Å². The summed E-state index contributed by atoms with van der Waals surface area (Å²) in [6.07, 6.45) is 2.43. The highest BCUT2D eigenvalue weighted by atomic mass is 16.3. The molecule has 0 spiro atoms. The van der Waals surface area contributed by atoms with E-state index in [4.69, 9.17) is 0 Å². The van der Waals surface area contributed by atoms with Crippen molar-refractivity contribution in [1.82, 2.24) is 20.3 Å². The number of carbonyl (C=O) groups excluding carboxylic acids is 1. The molecule has 0 unspecified atom stereocenters. The van der Waals surface area contributed by atoms with Gasteiger partial charge in [0.05, 0.1) is 12.3 Å². The van der Waals surface area contributed by atoms with E-state index in [-0.39, 0.29) is 12.0 Å². The van der Waals surface area contributed by atoms with Crippen LogP contribution in [0.15, 0.2) is 6.20 Å². The van der Waals surface area contributed by atoms with E-state index in [1.165, 1.54) is 6.20 Å². The number of H-pyrrole nitrogens is 1. The van der Waals surface area contributed by atoms with Gasteiger partial charge in [0.15, 0.2) is 5.69 Å². The monoisotopic (exact) mass is 196 g/mol. The van der Waals surface area contributed by atoms with Gasteiger partial charge in [0.1, 0.15) is 0 Å². The molecule has 0 saturated carbocycles. The standard InChI is InChI=1S/C8H12N4O2/c13-6-1-3-12(4-2-6)8(14)7-5-9-11-10-7/h5-6,13H,1-4H2,(H,9,10,11). The van der Waals surface area contributed by atoms with Crippen molar-refractivity contribution < 1.29 is 9.90 Å². The van der Waals surface area contributed by atoms with Crippen LogP contribution in [0.3, 0.4) is 0 Å². The van der Waals surface area contributed by atoms with Gasteiger partial charge in [-0.3, -0.25) is 4.79 Å². The van der Waals surface area contributed by atoms with Gasteiger partial charge in [-0.25, -0.2) is 0 Å². The molecule has 1 saturated heterocycles. The van der Waals surface area contributed by atoms with Gasteiger partial charge < -0.3 is 10.0 Å². The van der Waals surface area contributed by atoms with E-state index in [1.807, 2.05) is 0 Å². The van der Waals surface area contributed by atoms with E-state index in [0.29, 0.717) is 31.6 Å². The summed E-state index contributed by atoms with van der Waals surface area (Å²) in [7, 11) is 0. The van der Waals surface area contributed by atoms with Crippen molar-refractivity contribution >= 4 is 5.91 Å². The molecular weight excluding hydrogens is 184 g/mol. The van der Waals surface area contributed by atoms with Crippen molar-refractivity contribution in [2.24, 2.45) is 0 Å². The molecule has 0 bridgehead atoms. The van der Waals surface area contributed by atoms with E-state index >= 15 is 0 Å². The van der Waals surface area contributed by atoms with Gasteiger partial charge in [0, 0.05) is 13.1 Å². The molecule has 0 atom stereocenters. The van der Waals surface area contributed by atoms with Crippen LogP contribution in [-0.4, -0.2) is 50.5 Å². The van der Waals surface area contributed by atoms with Gasteiger partial charge in [-0.1, -0.05) is 0 Å². The highest BCUT2D eigenvalue weighted by Gasteiger charge is 2.23. The average molecular weight is 196 g/mol. The second-order valence-corrected chi connectivity index (χ2v) is 3.38. The minimum atomic E-state index is -0.267. The molecule has 14 heavy (non-hydrogen) atoms. The highest BCUT2D eigenvalue weighted by Crippen LogP contribution is 2.11. The molecule has 1 aliphatic rings. The first-order valence-electron chi connectivity index (χ1n) is 4.60. The predicted octanol–water partition coefficient (Wildman–Crippen LogP) is -0.598. The predicted molar refractivity (Wildman–Crippen MR) is 47.5 cm³/mol. The maximum Gasteiger partial charge on any atom is 0.276 e. The number of piperidine rings is 1. The largest absolute Gasteiger partial charge is 0.393 e. The second-order valence-electron chi connectivity index (χ2n) is 3.38. The zero-order valence-electron chi connectivity index (χ0n) is 7.68. The Morgan fingerprint density at radius 1 is 1.57 bits per heavy atom. The lowest BCUT2D eigenvalue weighted by Crippen LogP contribution is -2.40. The third-order valence-corrected chi connectivity index (χ3v) is 2.39. The van der Waals surface area contributed by atoms with Crippen molar-refractivity contribution in [3.05, 3.63) is 11.9 Å². The van der Waals surface area contributed by atoms with Crippen LogP contribution in [0.5, 0.6) is 0 Å². The first kappa shape index (κ1) is 9.14. The molecule has 1 aliphatic heterocycles. The first-order chi connectivity index (χ1) is 6.77. The number of aliphatic hydroxyl groups is 1. The van der Waals surface area contributed by atoms with Crippen LogP contribution in [0.2, 0.25) is 0 Å². The quantitative estimate of drug-likeness (QED) is 0.628. The van der Waals surface area contributed by atoms with Crippen LogP contribution in [0.1, 0.15) is 23.3 Å². The zero-order valence-corrected chi connectivity index (χ0v) is 7.68. The van der Waals surface area contributed by atoms with Gasteiger partial charge in [0.2, 0.25) is 0 Å². The number of hydrogen-bond donors (Lipinski definition) is 2. The van der Waals surface area contributed by atoms with Crippen LogP contribution in [0, 0.1) is 0 Å². The number of aliphatic hydroxyl groups excluding tert-OH is 1. The molecule has 6 nitrogen and oxygen atoms in total. The lowest BCUT2D eigenvalue weighted by Gasteiger charge is -2.28. The smallest absolute Gasteiger partial charge is 0.276 e. The summed E-state index contributed by atoms with van der Waals surface area (Å²) < 4.78 is 0. The fourth-order valence-electron chi connectivity index (χ4n) is 1.54. The summed E-state index contributed by atoms with van der Waals surface area (Å²) in [6.45, 7) is 1.18. The van der Waals surface area contributed by atoms with Crippen molar-refractivity contribution in [2.45, 2.75) is 18.9 Å². The molecule has 76 valence electrons. The fourth-order valence-corrected chi connectivity index (χ4v) is 1.54. The summed E-state index contributed by atoms with van der Waals surface area (Å²) >= 11 is 0. The molecule has 2 N–H and O–H groups in total. The SMILES string of the molecule is O=C(c1cn[nH]n1)N1CCC(O)CC1. The number of amides is 1. The van der Waals surface area contributed by atoms with E-state index in [9.17, 15) is 9.90 Å². The zero-order chi connectivity index (χ0) is 9.97. The van der Waals surface area contributed by atoms with Gasteiger partial charge in [-0.15, -0.1) is 0 Å². The minimum Gasteiger partial charge on any atom is -0.393 e. The molecule has 1 aromatic heterocycles. The Kier molecular flexibility index (Phi) is 2.45.